The van der Waals surface area contributed by atoms with E-state index in [1.807, 2.05) is 6.07 Å². The van der Waals surface area contributed by atoms with E-state index in [-0.39, 0.29) is 0 Å². The third kappa shape index (κ3) is 2.62. The second kappa shape index (κ2) is 5.25. The van der Waals surface area contributed by atoms with Crippen LogP contribution in [0.4, 0.5) is 11.4 Å². The maximum atomic E-state index is 5.80. The minimum atomic E-state index is 0.652. The Morgan fingerprint density at radius 3 is 2.88 bits per heavy atom. The van der Waals surface area contributed by atoms with Crippen LogP contribution in [0.2, 0.25) is 0 Å². The lowest BCUT2D eigenvalue weighted by Crippen LogP contribution is -2.33. The molecule has 2 nitrogen and oxygen atoms in total. The molecule has 0 radical (unpaired) electrons. The highest BCUT2D eigenvalue weighted by Gasteiger charge is 2.18. The van der Waals surface area contributed by atoms with Crippen LogP contribution in [0, 0.1) is 3.57 Å². The van der Waals surface area contributed by atoms with Crippen molar-refractivity contribution in [1.29, 1.82) is 0 Å². The van der Waals surface area contributed by atoms with Gasteiger partial charge in [-0.2, -0.15) is 0 Å². The molecule has 0 aliphatic carbocycles. The lowest BCUT2D eigenvalue weighted by atomic mass is 10.1. The lowest BCUT2D eigenvalue weighted by molar-refractivity contribution is 0.615. The molecular formula is C13H19IN2. The summed E-state index contributed by atoms with van der Waals surface area (Å²) in [6.07, 6.45) is 5.35. The van der Waals surface area contributed by atoms with Gasteiger partial charge in [0.25, 0.3) is 0 Å². The van der Waals surface area contributed by atoms with Crippen molar-refractivity contribution >= 4 is 34.0 Å². The fourth-order valence-corrected chi connectivity index (χ4v) is 3.24. The number of hydrogen-bond acceptors (Lipinski definition) is 2. The zero-order valence-corrected chi connectivity index (χ0v) is 11.9. The van der Waals surface area contributed by atoms with E-state index >= 15 is 0 Å². The minimum absolute atomic E-state index is 0.652. The van der Waals surface area contributed by atoms with E-state index in [9.17, 15) is 0 Å². The molecule has 1 aliphatic rings. The highest BCUT2D eigenvalue weighted by Crippen LogP contribution is 2.29. The van der Waals surface area contributed by atoms with E-state index in [2.05, 4.69) is 46.5 Å². The molecule has 1 saturated heterocycles. The Morgan fingerprint density at radius 1 is 1.31 bits per heavy atom. The molecule has 0 bridgehead atoms. The van der Waals surface area contributed by atoms with Crippen LogP contribution in [0.1, 0.15) is 32.6 Å². The SMILES string of the molecule is CC1CCCCCN1c1ccc(N)cc1I. The van der Waals surface area contributed by atoms with Crippen LogP contribution in [-0.2, 0) is 0 Å². The zero-order valence-electron chi connectivity index (χ0n) is 9.75. The second-order valence-electron chi connectivity index (χ2n) is 4.60. The van der Waals surface area contributed by atoms with Gasteiger partial charge in [0.2, 0.25) is 0 Å². The first-order chi connectivity index (χ1) is 7.68. The van der Waals surface area contributed by atoms with Crippen molar-refractivity contribution in [3.8, 4) is 0 Å². The van der Waals surface area contributed by atoms with Gasteiger partial charge in [0, 0.05) is 21.8 Å². The van der Waals surface area contributed by atoms with Crippen LogP contribution < -0.4 is 10.6 Å². The van der Waals surface area contributed by atoms with E-state index in [4.69, 9.17) is 5.73 Å². The molecule has 3 heteroatoms. The largest absolute Gasteiger partial charge is 0.399 e. The minimum Gasteiger partial charge on any atom is -0.399 e. The Bertz CT molecular complexity index is 365. The van der Waals surface area contributed by atoms with Gasteiger partial charge in [-0.3, -0.25) is 0 Å². The molecule has 16 heavy (non-hydrogen) atoms. The predicted molar refractivity (Wildman–Crippen MR) is 78.8 cm³/mol. The number of rotatable bonds is 1. The number of nitrogens with zero attached hydrogens (tertiary/aromatic N) is 1. The molecule has 1 aromatic carbocycles. The number of anilines is 2. The van der Waals surface area contributed by atoms with Crippen LogP contribution in [0.25, 0.3) is 0 Å². The summed E-state index contributed by atoms with van der Waals surface area (Å²) in [5.74, 6) is 0. The molecule has 1 fully saturated rings. The second-order valence-corrected chi connectivity index (χ2v) is 5.76. The van der Waals surface area contributed by atoms with Gasteiger partial charge in [-0.25, -0.2) is 0 Å². The summed E-state index contributed by atoms with van der Waals surface area (Å²) in [5, 5.41) is 0. The van der Waals surface area contributed by atoms with Crippen LogP contribution in [-0.4, -0.2) is 12.6 Å². The summed E-state index contributed by atoms with van der Waals surface area (Å²) in [6.45, 7) is 3.51. The predicted octanol–water partition coefficient (Wildman–Crippen LogP) is 3.64. The van der Waals surface area contributed by atoms with Gasteiger partial charge in [-0.05, 0) is 60.6 Å². The molecule has 88 valence electrons. The first-order valence-corrected chi connectivity index (χ1v) is 7.08. The molecule has 1 aromatic rings. The first kappa shape index (κ1) is 12.0. The average molecular weight is 330 g/mol. The molecular weight excluding hydrogens is 311 g/mol. The molecule has 1 unspecified atom stereocenters. The van der Waals surface area contributed by atoms with Gasteiger partial charge in [-0.1, -0.05) is 12.8 Å². The Kier molecular flexibility index (Phi) is 3.95. The lowest BCUT2D eigenvalue weighted by Gasteiger charge is -2.30. The fraction of sp³-hybridized carbons (Fsp3) is 0.538. The van der Waals surface area contributed by atoms with E-state index in [1.54, 1.807) is 0 Å². The summed E-state index contributed by atoms with van der Waals surface area (Å²) in [6, 6.07) is 6.89. The molecule has 1 heterocycles. The summed E-state index contributed by atoms with van der Waals surface area (Å²) in [5.41, 5.74) is 8.01. The van der Waals surface area contributed by atoms with E-state index in [0.717, 1.165) is 5.69 Å². The van der Waals surface area contributed by atoms with E-state index in [0.29, 0.717) is 6.04 Å². The summed E-state index contributed by atoms with van der Waals surface area (Å²) in [7, 11) is 0. The van der Waals surface area contributed by atoms with Crippen LogP contribution in [0.3, 0.4) is 0 Å². The smallest absolute Gasteiger partial charge is 0.0505 e. The molecule has 1 atom stereocenters. The topological polar surface area (TPSA) is 29.3 Å². The van der Waals surface area contributed by atoms with E-state index in [1.165, 1.54) is 41.5 Å². The average Bonchev–Trinajstić information content (AvgIpc) is 2.44. The third-order valence-corrected chi connectivity index (χ3v) is 4.20. The Hall–Kier alpha value is -0.450. The molecule has 0 spiro atoms. The highest BCUT2D eigenvalue weighted by molar-refractivity contribution is 14.1. The number of nitrogens with two attached hydrogens (primary N) is 1. The normalized spacial score (nSPS) is 21.9. The van der Waals surface area contributed by atoms with Crippen molar-refractivity contribution < 1.29 is 0 Å². The van der Waals surface area contributed by atoms with Crippen molar-refractivity contribution in [1.82, 2.24) is 0 Å². The quantitative estimate of drug-likeness (QED) is 0.629. The Balaban J connectivity index is 2.27. The number of halogens is 1. The summed E-state index contributed by atoms with van der Waals surface area (Å²) in [4.78, 5) is 2.54. The molecule has 2 N–H and O–H groups in total. The molecule has 0 amide bonds. The highest BCUT2D eigenvalue weighted by atomic mass is 127. The molecule has 0 saturated carbocycles. The Labute approximate surface area is 111 Å². The van der Waals surface area contributed by atoms with Crippen molar-refractivity contribution in [3.63, 3.8) is 0 Å². The van der Waals surface area contributed by atoms with Crippen LogP contribution in [0.5, 0.6) is 0 Å². The number of benzene rings is 1. The maximum absolute atomic E-state index is 5.80. The van der Waals surface area contributed by atoms with Gasteiger partial charge in [0.05, 0.1) is 5.69 Å². The maximum Gasteiger partial charge on any atom is 0.0505 e. The summed E-state index contributed by atoms with van der Waals surface area (Å²) < 4.78 is 1.27. The fourth-order valence-electron chi connectivity index (χ4n) is 2.39. The molecule has 0 aromatic heterocycles. The van der Waals surface area contributed by atoms with Gasteiger partial charge >= 0.3 is 0 Å². The van der Waals surface area contributed by atoms with Crippen molar-refractivity contribution in [2.45, 2.75) is 38.6 Å². The van der Waals surface area contributed by atoms with Gasteiger partial charge in [-0.15, -0.1) is 0 Å². The standard InChI is InChI=1S/C13H19IN2/c1-10-5-3-2-4-8-16(10)13-7-6-11(15)9-12(13)14/h6-7,9-10H,2-5,8,15H2,1H3. The van der Waals surface area contributed by atoms with Gasteiger partial charge in [0.15, 0.2) is 0 Å². The van der Waals surface area contributed by atoms with Crippen molar-refractivity contribution in [2.24, 2.45) is 0 Å². The zero-order chi connectivity index (χ0) is 11.5. The van der Waals surface area contributed by atoms with Crippen molar-refractivity contribution in [2.75, 3.05) is 17.2 Å². The molecule has 1 aliphatic heterocycles. The number of hydrogen-bond donors (Lipinski definition) is 1. The van der Waals surface area contributed by atoms with Crippen LogP contribution in [0.15, 0.2) is 18.2 Å². The van der Waals surface area contributed by atoms with Crippen LogP contribution >= 0.6 is 22.6 Å². The van der Waals surface area contributed by atoms with Crippen molar-refractivity contribution in [3.05, 3.63) is 21.8 Å². The van der Waals surface area contributed by atoms with Gasteiger partial charge in [0.1, 0.15) is 0 Å². The van der Waals surface area contributed by atoms with Gasteiger partial charge < -0.3 is 10.6 Å². The first-order valence-electron chi connectivity index (χ1n) is 6.00. The van der Waals surface area contributed by atoms with E-state index < -0.39 is 0 Å². The third-order valence-electron chi connectivity index (χ3n) is 3.33. The monoisotopic (exact) mass is 330 g/mol. The summed E-state index contributed by atoms with van der Waals surface area (Å²) >= 11 is 2.39. The Morgan fingerprint density at radius 2 is 2.12 bits per heavy atom. The molecule has 2 rings (SSSR count). The number of nitrogen functional groups attached to an aromatic ring is 1.